The van der Waals surface area contributed by atoms with Gasteiger partial charge >= 0.3 is 6.03 Å². The smallest absolute Gasteiger partial charge is 0.318 e. The minimum atomic E-state index is -0.210. The molecule has 0 bridgehead atoms. The number of anilines is 1. The van der Waals surface area contributed by atoms with E-state index in [0.717, 1.165) is 32.7 Å². The molecule has 2 amide bonds. The first-order valence-electron chi connectivity index (χ1n) is 10.3. The van der Waals surface area contributed by atoms with Crippen molar-refractivity contribution in [1.82, 2.24) is 9.47 Å². The number of nitrogens with zero attached hydrogens (tertiary/aromatic N) is 2. The molecule has 0 fully saturated rings. The molecule has 0 unspecified atom stereocenters. The van der Waals surface area contributed by atoms with Crippen molar-refractivity contribution in [1.29, 1.82) is 0 Å². The highest BCUT2D eigenvalue weighted by atomic mass is 79.9. The predicted octanol–water partition coefficient (Wildman–Crippen LogP) is 6.69. The number of carbonyl (C=O) groups is 1. The third-order valence-corrected chi connectivity index (χ3v) is 6.24. The second kappa shape index (κ2) is 8.08. The molecule has 1 aromatic heterocycles. The van der Waals surface area contributed by atoms with Crippen molar-refractivity contribution in [2.24, 2.45) is 0 Å². The van der Waals surface area contributed by atoms with Crippen LogP contribution < -0.4 is 5.32 Å². The number of benzene rings is 3. The van der Waals surface area contributed by atoms with E-state index in [-0.39, 0.29) is 12.1 Å². The fourth-order valence-corrected chi connectivity index (χ4v) is 4.43. The highest BCUT2D eigenvalue weighted by Crippen LogP contribution is 2.37. The molecule has 0 radical (unpaired) electrons. The van der Waals surface area contributed by atoms with Gasteiger partial charge in [-0.1, -0.05) is 64.0 Å². The van der Waals surface area contributed by atoms with E-state index in [1.165, 1.54) is 5.56 Å². The number of para-hydroxylation sites is 1. The second-order valence-corrected chi connectivity index (χ2v) is 8.73. The summed E-state index contributed by atoms with van der Waals surface area (Å²) in [6, 6.07) is 28.2. The molecule has 1 aliphatic heterocycles. The van der Waals surface area contributed by atoms with Gasteiger partial charge in [0.05, 0.1) is 18.3 Å². The third-order valence-electron chi connectivity index (χ3n) is 5.71. The molecule has 2 heterocycles. The van der Waals surface area contributed by atoms with Crippen molar-refractivity contribution < 1.29 is 4.79 Å². The molecular formula is C26H22BrN3O. The van der Waals surface area contributed by atoms with Gasteiger partial charge in [0.2, 0.25) is 0 Å². The maximum Gasteiger partial charge on any atom is 0.322 e. The van der Waals surface area contributed by atoms with E-state index in [0.29, 0.717) is 6.54 Å². The summed E-state index contributed by atoms with van der Waals surface area (Å²) in [7, 11) is 0. The Morgan fingerprint density at radius 2 is 1.68 bits per heavy atom. The molecule has 31 heavy (non-hydrogen) atoms. The van der Waals surface area contributed by atoms with Crippen molar-refractivity contribution >= 4 is 27.6 Å². The van der Waals surface area contributed by atoms with E-state index in [9.17, 15) is 4.79 Å². The van der Waals surface area contributed by atoms with Gasteiger partial charge in [0.25, 0.3) is 0 Å². The highest BCUT2D eigenvalue weighted by molar-refractivity contribution is 9.10. The lowest BCUT2D eigenvalue weighted by atomic mass is 10.0. The first-order valence-corrected chi connectivity index (χ1v) is 11.0. The average Bonchev–Trinajstić information content (AvgIpc) is 3.20. The summed E-state index contributed by atoms with van der Waals surface area (Å²) < 4.78 is 3.18. The number of amides is 2. The number of hydrogen-bond donors (Lipinski definition) is 1. The number of aryl methyl sites for hydroxylation is 1. The number of hydrogen-bond acceptors (Lipinski definition) is 1. The van der Waals surface area contributed by atoms with Crippen LogP contribution in [0.15, 0.2) is 95.6 Å². The first-order chi connectivity index (χ1) is 15.1. The van der Waals surface area contributed by atoms with E-state index >= 15 is 0 Å². The topological polar surface area (TPSA) is 37.3 Å². The predicted molar refractivity (Wildman–Crippen MR) is 127 cm³/mol. The lowest BCUT2D eigenvalue weighted by molar-refractivity contribution is 0.194. The van der Waals surface area contributed by atoms with Crippen LogP contribution in [-0.2, 0) is 6.54 Å². The van der Waals surface area contributed by atoms with E-state index in [2.05, 4.69) is 81.4 Å². The monoisotopic (exact) mass is 471 g/mol. The Morgan fingerprint density at radius 1 is 0.935 bits per heavy atom. The van der Waals surface area contributed by atoms with Crippen LogP contribution in [0.3, 0.4) is 0 Å². The Balaban J connectivity index is 1.62. The van der Waals surface area contributed by atoms with E-state index in [4.69, 9.17) is 0 Å². The van der Waals surface area contributed by atoms with Crippen LogP contribution in [0.4, 0.5) is 10.5 Å². The zero-order valence-corrected chi connectivity index (χ0v) is 18.7. The van der Waals surface area contributed by atoms with Crippen LogP contribution in [0.2, 0.25) is 0 Å². The molecular weight excluding hydrogens is 450 g/mol. The number of halogens is 1. The lowest BCUT2D eigenvalue weighted by Crippen LogP contribution is -2.37. The largest absolute Gasteiger partial charge is 0.322 e. The minimum absolute atomic E-state index is 0.127. The second-order valence-electron chi connectivity index (χ2n) is 7.81. The highest BCUT2D eigenvalue weighted by Gasteiger charge is 2.32. The van der Waals surface area contributed by atoms with Gasteiger partial charge in [0, 0.05) is 22.1 Å². The van der Waals surface area contributed by atoms with Gasteiger partial charge in [-0.15, -0.1) is 0 Å². The molecule has 4 aromatic rings. The van der Waals surface area contributed by atoms with Gasteiger partial charge in [-0.3, -0.25) is 0 Å². The molecule has 5 rings (SSSR count). The van der Waals surface area contributed by atoms with Crippen molar-refractivity contribution in [2.45, 2.75) is 19.5 Å². The number of rotatable bonds is 2. The average molecular weight is 472 g/mol. The molecule has 154 valence electrons. The molecule has 3 aromatic carbocycles. The fourth-order valence-electron chi connectivity index (χ4n) is 4.17. The summed E-state index contributed by atoms with van der Waals surface area (Å²) >= 11 is 3.45. The van der Waals surface area contributed by atoms with Crippen molar-refractivity contribution in [3.63, 3.8) is 0 Å². The number of aromatic nitrogens is 1. The molecule has 5 heteroatoms. The Labute approximate surface area is 190 Å². The summed E-state index contributed by atoms with van der Waals surface area (Å²) in [5, 5.41) is 3.09. The molecule has 0 saturated carbocycles. The van der Waals surface area contributed by atoms with Gasteiger partial charge in [-0.25, -0.2) is 4.79 Å². The van der Waals surface area contributed by atoms with Crippen LogP contribution >= 0.6 is 15.9 Å². The maximum absolute atomic E-state index is 13.6. The molecule has 0 aliphatic carbocycles. The van der Waals surface area contributed by atoms with E-state index < -0.39 is 0 Å². The van der Waals surface area contributed by atoms with E-state index in [1.54, 1.807) is 0 Å². The molecule has 1 N–H and O–H groups in total. The van der Waals surface area contributed by atoms with Crippen LogP contribution in [0, 0.1) is 6.92 Å². The van der Waals surface area contributed by atoms with Crippen LogP contribution in [0.25, 0.3) is 5.69 Å². The fraction of sp³-hybridized carbons (Fsp3) is 0.115. The molecule has 4 nitrogen and oxygen atoms in total. The number of nitrogens with one attached hydrogen (secondary N) is 1. The quantitative estimate of drug-likeness (QED) is 0.347. The van der Waals surface area contributed by atoms with Crippen molar-refractivity contribution in [3.8, 4) is 5.69 Å². The summed E-state index contributed by atoms with van der Waals surface area (Å²) in [6.07, 6.45) is 2.07. The summed E-state index contributed by atoms with van der Waals surface area (Å²) in [6.45, 7) is 2.59. The zero-order chi connectivity index (χ0) is 21.4. The maximum atomic E-state index is 13.6. The van der Waals surface area contributed by atoms with Gasteiger partial charge in [-0.2, -0.15) is 0 Å². The Bertz CT molecular complexity index is 1230. The Morgan fingerprint density at radius 3 is 2.45 bits per heavy atom. The summed E-state index contributed by atoms with van der Waals surface area (Å²) in [5.41, 5.74) is 6.34. The van der Waals surface area contributed by atoms with Crippen molar-refractivity contribution in [3.05, 3.63) is 118 Å². The minimum Gasteiger partial charge on any atom is -0.318 e. The SMILES string of the molecule is Cc1ccc([C@@H]2c3cccn3-c3ccccc3CN2C(=O)Nc2ccc(Br)cc2)cc1. The third kappa shape index (κ3) is 3.77. The number of urea groups is 1. The van der Waals surface area contributed by atoms with E-state index in [1.807, 2.05) is 47.4 Å². The summed E-state index contributed by atoms with van der Waals surface area (Å²) in [5.74, 6) is 0. The Kier molecular flexibility index (Phi) is 5.12. The van der Waals surface area contributed by atoms with Crippen LogP contribution in [0.1, 0.15) is 28.4 Å². The first kappa shape index (κ1) is 19.6. The standard InChI is InChI=1S/C26H22BrN3O/c1-18-8-10-19(11-9-18)25-24-7-4-16-29(24)23-6-3-2-5-20(23)17-30(25)26(31)28-22-14-12-21(27)13-15-22/h2-16,25H,17H2,1H3,(H,28,31)/t25-/m1/s1. The van der Waals surface area contributed by atoms with Crippen molar-refractivity contribution in [2.75, 3.05) is 5.32 Å². The molecule has 0 spiro atoms. The normalized spacial score (nSPS) is 15.0. The van der Waals surface area contributed by atoms with Gasteiger partial charge in [-0.05, 0) is 60.5 Å². The Hall–Kier alpha value is -3.31. The molecule has 1 atom stereocenters. The van der Waals surface area contributed by atoms with Crippen LogP contribution in [0.5, 0.6) is 0 Å². The van der Waals surface area contributed by atoms with Gasteiger partial charge in [0.15, 0.2) is 0 Å². The molecule has 0 saturated heterocycles. The summed E-state index contributed by atoms with van der Waals surface area (Å²) in [4.78, 5) is 15.5. The lowest BCUT2D eigenvalue weighted by Gasteiger charge is -2.31. The molecule has 1 aliphatic rings. The number of carbonyl (C=O) groups excluding carboxylic acids is 1. The van der Waals surface area contributed by atoms with Gasteiger partial charge in [0.1, 0.15) is 0 Å². The van der Waals surface area contributed by atoms with Gasteiger partial charge < -0.3 is 14.8 Å². The zero-order valence-electron chi connectivity index (χ0n) is 17.1. The van der Waals surface area contributed by atoms with Crippen LogP contribution in [-0.4, -0.2) is 15.5 Å². The number of fused-ring (bicyclic) bond motifs is 3.